The zero-order valence-corrected chi connectivity index (χ0v) is 69.4. The quantitative estimate of drug-likeness (QED) is 0.0392. The van der Waals surface area contributed by atoms with Gasteiger partial charge in [0.1, 0.15) is 11.6 Å². The van der Waals surface area contributed by atoms with E-state index in [1.54, 1.807) is 97.8 Å². The minimum absolute atomic E-state index is 0. The van der Waals surface area contributed by atoms with Gasteiger partial charge in [-0.2, -0.15) is 0 Å². The summed E-state index contributed by atoms with van der Waals surface area (Å²) in [5.74, 6) is 0.827. The molecule has 0 aliphatic rings. The fourth-order valence-electron chi connectivity index (χ4n) is 8.75. The number of alkyl halides is 1. The molecule has 0 spiro atoms. The van der Waals surface area contributed by atoms with E-state index >= 15 is 0 Å². The number of imidazole rings is 4. The van der Waals surface area contributed by atoms with Crippen molar-refractivity contribution in [2.45, 2.75) is 81.1 Å². The van der Waals surface area contributed by atoms with Crippen LogP contribution in [0.3, 0.4) is 0 Å². The van der Waals surface area contributed by atoms with Crippen LogP contribution in [0.2, 0.25) is 10.0 Å². The van der Waals surface area contributed by atoms with Gasteiger partial charge in [0.15, 0.2) is 33.5 Å². The van der Waals surface area contributed by atoms with Crippen molar-refractivity contribution >= 4 is 118 Å². The Balaban J connectivity index is 0.000000574. The SMILES string of the molecule is C=C(CBr)C(=O)OCC.C=C(CC(C)(C)C)C(=O)OCC.CC(C)(C)c1ccc(Cl)cc1.Cc1nc2c(c(=O)n(C)c(=O)n2C)n1C.Cc1nc2c(c(=O)n(C)c(=O)n2C)n1C.Clc1ccc(I)cc1.Cn1c(=O)c2c(n[c-]n2C)n(C)c1=O.Cn1c(=O)c2c(ncn2C)n(C)c1=O.[CH3-].[Zn+2]. The number of halogens is 4. The predicted molar refractivity (Wildman–Crippen MR) is 403 cm³/mol. The van der Waals surface area contributed by atoms with Crippen molar-refractivity contribution in [2.24, 2.45) is 90.0 Å². The summed E-state index contributed by atoms with van der Waals surface area (Å²) in [6.45, 7) is 27.9. The number of aromatic nitrogens is 16. The van der Waals surface area contributed by atoms with Gasteiger partial charge >= 0.3 is 54.2 Å². The molecule has 10 aromatic rings. The van der Waals surface area contributed by atoms with E-state index in [0.29, 0.717) is 92.4 Å². The molecule has 0 N–H and O–H groups in total. The molecule has 33 heteroatoms. The number of carbonyl (C=O) groups excluding carboxylic acids is 2. The molecule has 28 nitrogen and oxygen atoms in total. The minimum atomic E-state index is -0.380. The van der Waals surface area contributed by atoms with Crippen molar-refractivity contribution < 1.29 is 38.5 Å². The zero-order valence-electron chi connectivity index (χ0n) is 61.2. The number of ether oxygens (including phenoxy) is 2. The number of fused-ring (bicyclic) bond motifs is 4. The van der Waals surface area contributed by atoms with Gasteiger partial charge in [-0.1, -0.05) is 106 Å². The number of carbonyl (C=O) groups is 2. The summed E-state index contributed by atoms with van der Waals surface area (Å²) in [7, 11) is 19.1. The summed E-state index contributed by atoms with van der Waals surface area (Å²) in [6.07, 6.45) is 4.81. The summed E-state index contributed by atoms with van der Waals surface area (Å²) in [5.41, 5.74) is 3.31. The van der Waals surface area contributed by atoms with Crippen LogP contribution in [-0.2, 0) is 129 Å². The Labute approximate surface area is 623 Å². The fourth-order valence-corrected chi connectivity index (χ4v) is 9.59. The Morgan fingerprint density at radius 3 is 1.21 bits per heavy atom. The van der Waals surface area contributed by atoms with Crippen LogP contribution in [0.25, 0.3) is 44.7 Å². The van der Waals surface area contributed by atoms with E-state index in [4.69, 9.17) is 27.9 Å². The zero-order chi connectivity index (χ0) is 75.1. The van der Waals surface area contributed by atoms with Gasteiger partial charge in [0.05, 0.1) is 19.5 Å². The molecule has 100 heavy (non-hydrogen) atoms. The van der Waals surface area contributed by atoms with Crippen molar-refractivity contribution in [1.82, 2.24) is 74.7 Å². The standard InChI is InChI=1S/C10H13Cl.C10H18O2.2C9H12N4O2.C8H10N4O2.C8H9N4O2.C6H9BrO2.C6H4ClI.CH3.Zn/c1-10(2,3)8-4-6-9(11)7-5-8;1-6-12-9(11)8(2)7-10(3,4)5;2*1-5-10-7-6(11(5)2)8(14)13(4)9(15)12(7)3;2*1-10-4-9-6-5(10)7(13)12(3)8(14)11(6)2;1-3-9-6(8)5(2)4-7;7-5-1-3-6(8)4-2-5;;/h4-7H,1-3H3;2,6-7H2,1,3-5H3;2*1-4H3;4H,1-3H3;1-3H3;2-4H2,1H3;1-4H;1H3;/q;;;;;-1;;;-1;+2. The van der Waals surface area contributed by atoms with Gasteiger partial charge in [-0.3, -0.25) is 51.1 Å². The van der Waals surface area contributed by atoms with E-state index in [1.165, 1.54) is 66.5 Å². The Hall–Kier alpha value is -8.13. The van der Waals surface area contributed by atoms with Gasteiger partial charge in [0, 0.05) is 120 Å². The Kier molecular flexibility index (Phi) is 34.7. The molecule has 0 aliphatic heterocycles. The maximum Gasteiger partial charge on any atom is 2.00 e. The van der Waals surface area contributed by atoms with E-state index in [9.17, 15) is 47.9 Å². The first-order valence-corrected chi connectivity index (χ1v) is 33.0. The number of nitrogens with zero attached hydrogens (tertiary/aromatic N) is 16. The molecule has 0 amide bonds. The Morgan fingerprint density at radius 2 is 0.860 bits per heavy atom. The average Bonchev–Trinajstić information content (AvgIpc) is 1.62. The second-order valence-corrected chi connectivity index (χ2v) is 27.0. The van der Waals surface area contributed by atoms with E-state index in [0.717, 1.165) is 28.3 Å². The van der Waals surface area contributed by atoms with Gasteiger partial charge in [-0.15, -0.1) is 0 Å². The molecule has 2 aromatic carbocycles. The van der Waals surface area contributed by atoms with Crippen LogP contribution < -0.4 is 45.0 Å². The first-order valence-electron chi connectivity index (χ1n) is 30.0. The summed E-state index contributed by atoms with van der Waals surface area (Å²) in [4.78, 5) is 131. The smallest absolute Gasteiger partial charge is 0.463 e. The van der Waals surface area contributed by atoms with Gasteiger partial charge < -0.3 is 44.7 Å². The molecule has 10 rings (SSSR count). The molecule has 0 atom stereocenters. The van der Waals surface area contributed by atoms with E-state index in [1.807, 2.05) is 36.4 Å². The number of esters is 2. The summed E-state index contributed by atoms with van der Waals surface area (Å²) in [6, 6.07) is 15.7. The minimum Gasteiger partial charge on any atom is -0.463 e. The molecule has 0 saturated heterocycles. The molecule has 0 aliphatic carbocycles. The van der Waals surface area contributed by atoms with Crippen molar-refractivity contribution in [3.8, 4) is 0 Å². The summed E-state index contributed by atoms with van der Waals surface area (Å²) in [5, 5.41) is 2.08. The maximum absolute atomic E-state index is 11.8. The Morgan fingerprint density at radius 1 is 0.520 bits per heavy atom. The maximum atomic E-state index is 11.8. The monoisotopic (exact) mass is 1650 g/mol. The van der Waals surface area contributed by atoms with Gasteiger partial charge in [0.25, 0.3) is 16.7 Å². The molecular weight excluding hydrogens is 1560 g/mol. The molecule has 0 radical (unpaired) electrons. The largest absolute Gasteiger partial charge is 2.00 e. The number of hydrogen-bond acceptors (Lipinski definition) is 16. The molecule has 540 valence electrons. The van der Waals surface area contributed by atoms with Gasteiger partial charge in [-0.25, -0.2) is 43.7 Å². The average molecular weight is 1650 g/mol. The Bertz CT molecular complexity index is 4820. The van der Waals surface area contributed by atoms with Crippen molar-refractivity contribution in [3.05, 3.63) is 207 Å². The van der Waals surface area contributed by atoms with E-state index in [2.05, 4.69) is 136 Å². The predicted octanol–water partition coefficient (Wildman–Crippen LogP) is 7.37. The number of hydrogen-bond donors (Lipinski definition) is 0. The third-order valence-corrected chi connectivity index (χ3v) is 16.4. The number of rotatable bonds is 6. The first-order chi connectivity index (χ1) is 45.3. The van der Waals surface area contributed by atoms with Crippen LogP contribution >= 0.6 is 61.7 Å². The van der Waals surface area contributed by atoms with Crippen LogP contribution in [0.15, 0.2) is 118 Å². The van der Waals surface area contributed by atoms with Crippen molar-refractivity contribution in [3.63, 3.8) is 0 Å². The van der Waals surface area contributed by atoms with Crippen LogP contribution in [-0.4, -0.2) is 105 Å². The van der Waals surface area contributed by atoms with Crippen LogP contribution in [0, 0.1) is 36.6 Å². The van der Waals surface area contributed by atoms with E-state index in [-0.39, 0.29) is 94.7 Å². The molecular formula is C67H90BrCl2IN16O12Zn. The van der Waals surface area contributed by atoms with Gasteiger partial charge in [0.2, 0.25) is 5.56 Å². The van der Waals surface area contributed by atoms with Crippen LogP contribution in [0.1, 0.15) is 79.0 Å². The summed E-state index contributed by atoms with van der Waals surface area (Å²) >= 11 is 16.7. The molecule has 8 heterocycles. The molecule has 0 fully saturated rings. The summed E-state index contributed by atoms with van der Waals surface area (Å²) < 4.78 is 26.9. The number of benzene rings is 2. The molecule has 0 unspecified atom stereocenters. The number of aryl methyl sites for hydroxylation is 10. The topological polar surface area (TPSA) is 300 Å². The van der Waals surface area contributed by atoms with E-state index < -0.39 is 0 Å². The fraction of sp³-hybridized carbons (Fsp3) is 0.418. The normalized spacial score (nSPS) is 10.6. The van der Waals surface area contributed by atoms with Gasteiger partial charge in [-0.05, 0) is 122 Å². The molecule has 0 bridgehead atoms. The second kappa shape index (κ2) is 38.6. The third-order valence-electron chi connectivity index (χ3n) is 14.5. The van der Waals surface area contributed by atoms with Crippen LogP contribution in [0.4, 0.5) is 0 Å². The molecule has 8 aromatic heterocycles. The van der Waals surface area contributed by atoms with Crippen molar-refractivity contribution in [2.75, 3.05) is 18.5 Å². The van der Waals surface area contributed by atoms with Crippen LogP contribution in [0.5, 0.6) is 0 Å². The third kappa shape index (κ3) is 22.7. The second-order valence-electron chi connectivity index (χ2n) is 24.3. The van der Waals surface area contributed by atoms with Crippen molar-refractivity contribution in [1.29, 1.82) is 0 Å². The molecule has 0 saturated carbocycles. The first kappa shape index (κ1) is 89.9.